The third kappa shape index (κ3) is 2.26. The summed E-state index contributed by atoms with van der Waals surface area (Å²) in [6.07, 6.45) is 1.10. The fourth-order valence-corrected chi connectivity index (χ4v) is 1.84. The highest BCUT2D eigenvalue weighted by Crippen LogP contribution is 2.21. The number of hydrogen-bond donors (Lipinski definition) is 1. The van der Waals surface area contributed by atoms with Gasteiger partial charge in [-0.05, 0) is 30.5 Å². The average Bonchev–Trinajstić information content (AvgIpc) is 2.27. The van der Waals surface area contributed by atoms with Gasteiger partial charge in [-0.3, -0.25) is 0 Å². The van der Waals surface area contributed by atoms with Crippen molar-refractivity contribution >= 4 is 0 Å². The van der Waals surface area contributed by atoms with Crippen molar-refractivity contribution < 1.29 is 4.74 Å². The quantitative estimate of drug-likeness (QED) is 0.675. The van der Waals surface area contributed by atoms with Crippen LogP contribution in [0.1, 0.15) is 12.5 Å². The number of hydrogen-bond acceptors (Lipinski definition) is 2. The van der Waals surface area contributed by atoms with Crippen LogP contribution in [0.2, 0.25) is 0 Å². The molecule has 1 aliphatic heterocycles. The predicted molar refractivity (Wildman–Crippen MR) is 57.7 cm³/mol. The molecule has 0 aromatic heterocycles. The number of fused-ring (bicyclic) bond motifs is 1. The van der Waals surface area contributed by atoms with Gasteiger partial charge >= 0.3 is 0 Å². The van der Waals surface area contributed by atoms with Gasteiger partial charge in [0.15, 0.2) is 0 Å². The summed E-state index contributed by atoms with van der Waals surface area (Å²) in [7, 11) is 0. The second-order valence-electron chi connectivity index (χ2n) is 3.97. The molecule has 0 saturated heterocycles. The van der Waals surface area contributed by atoms with E-state index in [2.05, 4.69) is 30.4 Å². The lowest BCUT2D eigenvalue weighted by Crippen LogP contribution is -2.25. The van der Waals surface area contributed by atoms with Gasteiger partial charge in [-0.2, -0.15) is 0 Å². The summed E-state index contributed by atoms with van der Waals surface area (Å²) in [6, 6.07) is 8.35. The van der Waals surface area contributed by atoms with E-state index in [1.54, 1.807) is 0 Å². The Morgan fingerprint density at radius 2 is 2.21 bits per heavy atom. The molecule has 1 heterocycles. The minimum Gasteiger partial charge on any atom is -0.492 e. The third-order valence-corrected chi connectivity index (χ3v) is 2.57. The topological polar surface area (TPSA) is 21.3 Å². The van der Waals surface area contributed by atoms with Crippen molar-refractivity contribution in [3.63, 3.8) is 0 Å². The van der Waals surface area contributed by atoms with E-state index in [9.17, 15) is 0 Å². The van der Waals surface area contributed by atoms with Crippen LogP contribution in [0.3, 0.4) is 0 Å². The van der Waals surface area contributed by atoms with Crippen LogP contribution >= 0.6 is 0 Å². The van der Waals surface area contributed by atoms with Gasteiger partial charge in [0.1, 0.15) is 12.4 Å². The van der Waals surface area contributed by atoms with Crippen LogP contribution in [-0.4, -0.2) is 19.7 Å². The lowest BCUT2D eigenvalue weighted by Gasteiger charge is -2.11. The summed E-state index contributed by atoms with van der Waals surface area (Å²) in [5.41, 5.74) is 1.34. The first-order valence-corrected chi connectivity index (χ1v) is 5.27. The van der Waals surface area contributed by atoms with Crippen molar-refractivity contribution in [3.8, 4) is 5.75 Å². The Morgan fingerprint density at radius 1 is 1.36 bits per heavy atom. The molecule has 0 fully saturated rings. The van der Waals surface area contributed by atoms with Crippen LogP contribution < -0.4 is 10.1 Å². The second-order valence-corrected chi connectivity index (χ2v) is 3.97. The molecular formula is C12H17NO. The molecule has 0 radical (unpaired) electrons. The number of benzene rings is 1. The maximum absolute atomic E-state index is 5.69. The summed E-state index contributed by atoms with van der Waals surface area (Å²) in [5.74, 6) is 1.74. The molecule has 2 heteroatoms. The zero-order chi connectivity index (χ0) is 9.80. The number of nitrogens with one attached hydrogen (secondary N) is 1. The molecule has 76 valence electrons. The van der Waals surface area contributed by atoms with Gasteiger partial charge in [-0.25, -0.2) is 0 Å². The Kier molecular flexibility index (Phi) is 3.04. The summed E-state index contributed by atoms with van der Waals surface area (Å²) in [5, 5.41) is 3.39. The molecule has 1 unspecified atom stereocenters. The minimum absolute atomic E-state index is 0.679. The van der Waals surface area contributed by atoms with Crippen LogP contribution in [0.25, 0.3) is 0 Å². The number of para-hydroxylation sites is 1. The molecule has 0 amide bonds. The van der Waals surface area contributed by atoms with Crippen LogP contribution in [0.15, 0.2) is 24.3 Å². The van der Waals surface area contributed by atoms with Crippen LogP contribution in [0, 0.1) is 5.92 Å². The molecule has 1 N–H and O–H groups in total. The fraction of sp³-hybridized carbons (Fsp3) is 0.500. The number of rotatable bonds is 0. The SMILES string of the molecule is CC1CNCCOc2ccccc2C1. The van der Waals surface area contributed by atoms with Crippen LogP contribution in [0.4, 0.5) is 0 Å². The average molecular weight is 191 g/mol. The van der Waals surface area contributed by atoms with Crippen molar-refractivity contribution in [1.82, 2.24) is 5.32 Å². The van der Waals surface area contributed by atoms with E-state index >= 15 is 0 Å². The second kappa shape index (κ2) is 4.47. The molecule has 1 atom stereocenters. The zero-order valence-corrected chi connectivity index (χ0v) is 8.62. The molecule has 2 nitrogen and oxygen atoms in total. The van der Waals surface area contributed by atoms with Crippen molar-refractivity contribution in [1.29, 1.82) is 0 Å². The highest BCUT2D eigenvalue weighted by atomic mass is 16.5. The molecule has 0 saturated carbocycles. The van der Waals surface area contributed by atoms with Crippen LogP contribution in [0.5, 0.6) is 5.75 Å². The molecule has 14 heavy (non-hydrogen) atoms. The fourth-order valence-electron chi connectivity index (χ4n) is 1.84. The van der Waals surface area contributed by atoms with Gasteiger partial charge in [-0.1, -0.05) is 25.1 Å². The Hall–Kier alpha value is -1.02. The van der Waals surface area contributed by atoms with E-state index in [0.29, 0.717) is 5.92 Å². The van der Waals surface area contributed by atoms with E-state index in [4.69, 9.17) is 4.74 Å². The van der Waals surface area contributed by atoms with Crippen molar-refractivity contribution in [2.24, 2.45) is 5.92 Å². The Morgan fingerprint density at radius 3 is 3.14 bits per heavy atom. The molecule has 0 aliphatic carbocycles. The first-order chi connectivity index (χ1) is 6.86. The molecule has 0 spiro atoms. The van der Waals surface area contributed by atoms with Crippen molar-refractivity contribution in [3.05, 3.63) is 29.8 Å². The lowest BCUT2D eigenvalue weighted by molar-refractivity contribution is 0.315. The van der Waals surface area contributed by atoms with Gasteiger partial charge in [0.05, 0.1) is 0 Å². The van der Waals surface area contributed by atoms with Gasteiger partial charge in [-0.15, -0.1) is 0 Å². The molecule has 0 bridgehead atoms. The highest BCUT2D eigenvalue weighted by Gasteiger charge is 2.10. The first-order valence-electron chi connectivity index (χ1n) is 5.27. The maximum Gasteiger partial charge on any atom is 0.122 e. The molecule has 1 aromatic rings. The van der Waals surface area contributed by atoms with Gasteiger partial charge in [0.25, 0.3) is 0 Å². The monoisotopic (exact) mass is 191 g/mol. The van der Waals surface area contributed by atoms with E-state index in [0.717, 1.165) is 31.9 Å². The summed E-state index contributed by atoms with van der Waals surface area (Å²) >= 11 is 0. The van der Waals surface area contributed by atoms with Crippen molar-refractivity contribution in [2.75, 3.05) is 19.7 Å². The number of ether oxygens (including phenoxy) is 1. The minimum atomic E-state index is 0.679. The highest BCUT2D eigenvalue weighted by molar-refractivity contribution is 5.33. The normalized spacial score (nSPS) is 22.5. The van der Waals surface area contributed by atoms with E-state index < -0.39 is 0 Å². The zero-order valence-electron chi connectivity index (χ0n) is 8.62. The third-order valence-electron chi connectivity index (χ3n) is 2.57. The Balaban J connectivity index is 2.21. The Labute approximate surface area is 85.3 Å². The molecule has 2 rings (SSSR count). The van der Waals surface area contributed by atoms with Crippen molar-refractivity contribution in [2.45, 2.75) is 13.3 Å². The van der Waals surface area contributed by atoms with E-state index in [1.165, 1.54) is 5.56 Å². The van der Waals surface area contributed by atoms with Gasteiger partial charge < -0.3 is 10.1 Å². The molecular weight excluding hydrogens is 174 g/mol. The Bertz CT molecular complexity index is 298. The smallest absolute Gasteiger partial charge is 0.122 e. The van der Waals surface area contributed by atoms with Crippen LogP contribution in [-0.2, 0) is 6.42 Å². The first kappa shape index (κ1) is 9.53. The van der Waals surface area contributed by atoms with E-state index in [1.807, 2.05) is 6.07 Å². The summed E-state index contributed by atoms with van der Waals surface area (Å²) in [6.45, 7) is 5.06. The summed E-state index contributed by atoms with van der Waals surface area (Å²) in [4.78, 5) is 0. The predicted octanol–water partition coefficient (Wildman–Crippen LogP) is 1.85. The lowest BCUT2D eigenvalue weighted by atomic mass is 10.0. The largest absolute Gasteiger partial charge is 0.492 e. The molecule has 1 aliphatic rings. The van der Waals surface area contributed by atoms with Gasteiger partial charge in [0.2, 0.25) is 0 Å². The molecule has 1 aromatic carbocycles. The van der Waals surface area contributed by atoms with E-state index in [-0.39, 0.29) is 0 Å². The van der Waals surface area contributed by atoms with Gasteiger partial charge in [0, 0.05) is 6.54 Å². The standard InChI is InChI=1S/C12H17NO/c1-10-8-11-4-2-3-5-12(11)14-7-6-13-9-10/h2-5,10,13H,6-9H2,1H3. The maximum atomic E-state index is 5.69. The summed E-state index contributed by atoms with van der Waals surface area (Å²) < 4.78 is 5.69.